The molecule has 0 amide bonds. The molecule has 0 spiro atoms. The van der Waals surface area contributed by atoms with E-state index in [1.807, 2.05) is 65.3 Å². The van der Waals surface area contributed by atoms with Gasteiger partial charge in [-0.15, -0.1) is 0 Å². The maximum absolute atomic E-state index is 6.37. The Balaban J connectivity index is 1.48. The Morgan fingerprint density at radius 2 is 1.50 bits per heavy atom. The van der Waals surface area contributed by atoms with E-state index in [2.05, 4.69) is 61.3 Å². The van der Waals surface area contributed by atoms with Crippen molar-refractivity contribution >= 4 is 57.8 Å². The van der Waals surface area contributed by atoms with E-state index in [9.17, 15) is 0 Å². The molecule has 6 nitrogen and oxygen atoms in total. The first-order valence-corrected chi connectivity index (χ1v) is 14.7. The lowest BCUT2D eigenvalue weighted by atomic mass is 9.91. The number of aliphatic imine (C=N–C) groups is 2. The van der Waals surface area contributed by atoms with E-state index in [0.717, 1.165) is 45.4 Å². The number of halogens is 2. The molecule has 8 heteroatoms. The lowest BCUT2D eigenvalue weighted by Gasteiger charge is -2.40. The van der Waals surface area contributed by atoms with Crippen molar-refractivity contribution < 1.29 is 0 Å². The van der Waals surface area contributed by atoms with Crippen LogP contribution in [0.3, 0.4) is 0 Å². The summed E-state index contributed by atoms with van der Waals surface area (Å²) in [4.78, 5) is 12.6. The topological polar surface area (TPSA) is 57.8 Å². The minimum Gasteiger partial charge on any atom is -0.337 e. The second-order valence-electron chi connectivity index (χ2n) is 10.8. The van der Waals surface area contributed by atoms with Crippen molar-refractivity contribution in [3.05, 3.63) is 129 Å². The number of para-hydroxylation sites is 3. The maximum atomic E-state index is 6.37. The fourth-order valence-electron chi connectivity index (χ4n) is 5.69. The number of nitrogens with zero attached hydrogens (tertiary/aromatic N) is 5. The van der Waals surface area contributed by atoms with Crippen LogP contribution in [0.5, 0.6) is 0 Å². The van der Waals surface area contributed by atoms with E-state index in [1.54, 1.807) is 6.07 Å². The van der Waals surface area contributed by atoms with E-state index in [-0.39, 0.29) is 6.04 Å². The molecule has 5 aromatic rings. The van der Waals surface area contributed by atoms with Gasteiger partial charge in [0.2, 0.25) is 0 Å². The van der Waals surface area contributed by atoms with Crippen LogP contribution < -0.4 is 10.2 Å². The molecule has 0 bridgehead atoms. The standard InChI is InChI=1S/C34H28Cl2N6/c1-20(2)22-13-15-23(16-14-22)31-30-21(3)40-42(27-9-5-4-6-10-27)33(30)39-34-32(37-26-18-24(35)17-25(36)19-26)38-28-11-7-8-12-29(28)41(31)34/h4-20,31H,1-3H3,(H,37,38)/t31-/m0/s1. The molecule has 2 aliphatic rings. The molecule has 1 atom stereocenters. The van der Waals surface area contributed by atoms with Gasteiger partial charge >= 0.3 is 0 Å². The molecule has 4 aromatic carbocycles. The molecule has 0 saturated heterocycles. The Morgan fingerprint density at radius 3 is 2.21 bits per heavy atom. The van der Waals surface area contributed by atoms with Crippen molar-refractivity contribution in [3.8, 4) is 5.69 Å². The average Bonchev–Trinajstić information content (AvgIpc) is 3.32. The van der Waals surface area contributed by atoms with Crippen molar-refractivity contribution in [2.45, 2.75) is 32.7 Å². The summed E-state index contributed by atoms with van der Waals surface area (Å²) < 4.78 is 1.93. The number of aryl methyl sites for hydroxylation is 1. The zero-order valence-corrected chi connectivity index (χ0v) is 24.9. The van der Waals surface area contributed by atoms with Gasteiger partial charge in [0.15, 0.2) is 17.5 Å². The molecule has 0 radical (unpaired) electrons. The summed E-state index contributed by atoms with van der Waals surface area (Å²) in [7, 11) is 0. The minimum absolute atomic E-state index is 0.192. The third-order valence-electron chi connectivity index (χ3n) is 7.68. The Hall–Kier alpha value is -4.39. The molecule has 1 N–H and O–H groups in total. The van der Waals surface area contributed by atoms with Crippen molar-refractivity contribution in [2.24, 2.45) is 9.98 Å². The van der Waals surface area contributed by atoms with Gasteiger partial charge in [-0.1, -0.05) is 91.6 Å². The predicted molar refractivity (Wildman–Crippen MR) is 174 cm³/mol. The SMILES string of the molecule is Cc1nn(-c2ccccc2)c2c1[C@H](c1ccc(C(C)C)cc1)N1C(=N2)C(Nc2cc(Cl)cc(Cl)c2)=Nc2ccccc21. The molecular formula is C34H28Cl2N6. The van der Waals surface area contributed by atoms with Crippen LogP contribution in [-0.4, -0.2) is 21.5 Å². The highest BCUT2D eigenvalue weighted by molar-refractivity contribution is 6.52. The van der Waals surface area contributed by atoms with Crippen LogP contribution in [0.2, 0.25) is 10.0 Å². The molecule has 208 valence electrons. The van der Waals surface area contributed by atoms with Gasteiger partial charge in [0.25, 0.3) is 0 Å². The van der Waals surface area contributed by atoms with E-state index in [1.165, 1.54) is 5.56 Å². The van der Waals surface area contributed by atoms with Crippen LogP contribution in [0.1, 0.15) is 48.2 Å². The predicted octanol–water partition coefficient (Wildman–Crippen LogP) is 9.41. The fraction of sp³-hybridized carbons (Fsp3) is 0.147. The second-order valence-corrected chi connectivity index (χ2v) is 11.7. The maximum Gasteiger partial charge on any atom is 0.179 e. The van der Waals surface area contributed by atoms with Gasteiger partial charge in [-0.05, 0) is 66.4 Å². The highest BCUT2D eigenvalue weighted by Gasteiger charge is 2.41. The number of anilines is 2. The highest BCUT2D eigenvalue weighted by Crippen LogP contribution is 2.48. The Morgan fingerprint density at radius 1 is 0.810 bits per heavy atom. The normalized spacial score (nSPS) is 15.5. The summed E-state index contributed by atoms with van der Waals surface area (Å²) in [5, 5.41) is 9.56. The van der Waals surface area contributed by atoms with Gasteiger partial charge in [0.1, 0.15) is 0 Å². The summed E-state index contributed by atoms with van der Waals surface area (Å²) in [5.41, 5.74) is 7.90. The summed E-state index contributed by atoms with van der Waals surface area (Å²) >= 11 is 12.7. The Bertz CT molecular complexity index is 1850. The van der Waals surface area contributed by atoms with Crippen molar-refractivity contribution in [1.82, 2.24) is 9.78 Å². The molecule has 3 heterocycles. The zero-order valence-electron chi connectivity index (χ0n) is 23.4. The van der Waals surface area contributed by atoms with Gasteiger partial charge in [-0.3, -0.25) is 0 Å². The third-order valence-corrected chi connectivity index (χ3v) is 8.12. The summed E-state index contributed by atoms with van der Waals surface area (Å²) in [6.07, 6.45) is 0. The van der Waals surface area contributed by atoms with E-state index >= 15 is 0 Å². The molecule has 7 rings (SSSR count). The lowest BCUT2D eigenvalue weighted by molar-refractivity contribution is 0.810. The van der Waals surface area contributed by atoms with E-state index in [4.69, 9.17) is 38.3 Å². The number of nitrogens with one attached hydrogen (secondary N) is 1. The number of amidine groups is 2. The average molecular weight is 592 g/mol. The zero-order chi connectivity index (χ0) is 29.0. The van der Waals surface area contributed by atoms with Gasteiger partial charge in [-0.2, -0.15) is 5.10 Å². The molecule has 2 aliphatic heterocycles. The third kappa shape index (κ3) is 4.57. The number of hydrogen-bond donors (Lipinski definition) is 1. The van der Waals surface area contributed by atoms with Crippen LogP contribution >= 0.6 is 23.2 Å². The number of benzene rings is 4. The number of aromatic nitrogens is 2. The number of rotatable bonds is 4. The van der Waals surface area contributed by atoms with E-state index < -0.39 is 0 Å². The molecule has 0 aliphatic carbocycles. The summed E-state index contributed by atoms with van der Waals surface area (Å²) in [6, 6.07) is 32.3. The Labute approximate surface area is 255 Å². The smallest absolute Gasteiger partial charge is 0.179 e. The Kier molecular flexibility index (Phi) is 6.60. The molecule has 0 saturated carbocycles. The molecule has 0 unspecified atom stereocenters. The van der Waals surface area contributed by atoms with Crippen LogP contribution in [0.4, 0.5) is 22.9 Å². The van der Waals surface area contributed by atoms with E-state index in [0.29, 0.717) is 27.6 Å². The van der Waals surface area contributed by atoms with Gasteiger partial charge in [-0.25, -0.2) is 14.7 Å². The van der Waals surface area contributed by atoms with Gasteiger partial charge in [0.05, 0.1) is 28.8 Å². The number of hydrogen-bond acceptors (Lipinski definition) is 5. The van der Waals surface area contributed by atoms with Crippen LogP contribution in [0.15, 0.2) is 107 Å². The second kappa shape index (κ2) is 10.5. The molecule has 1 aromatic heterocycles. The van der Waals surface area contributed by atoms with Crippen LogP contribution in [0.25, 0.3) is 5.69 Å². The minimum atomic E-state index is -0.192. The molecule has 0 fully saturated rings. The van der Waals surface area contributed by atoms with Gasteiger partial charge in [0, 0.05) is 21.3 Å². The molecular weight excluding hydrogens is 563 g/mol. The molecule has 42 heavy (non-hydrogen) atoms. The van der Waals surface area contributed by atoms with Crippen molar-refractivity contribution in [2.75, 3.05) is 10.2 Å². The monoisotopic (exact) mass is 590 g/mol. The van der Waals surface area contributed by atoms with Crippen molar-refractivity contribution in [1.29, 1.82) is 0 Å². The first-order valence-electron chi connectivity index (χ1n) is 13.9. The first kappa shape index (κ1) is 26.5. The van der Waals surface area contributed by atoms with Gasteiger partial charge < -0.3 is 10.2 Å². The first-order chi connectivity index (χ1) is 20.4. The van der Waals surface area contributed by atoms with Crippen molar-refractivity contribution in [3.63, 3.8) is 0 Å². The fourth-order valence-corrected chi connectivity index (χ4v) is 6.21. The lowest BCUT2D eigenvalue weighted by Crippen LogP contribution is -2.46. The quantitative estimate of drug-likeness (QED) is 0.227. The van der Waals surface area contributed by atoms with Crippen LogP contribution in [0, 0.1) is 6.92 Å². The van der Waals surface area contributed by atoms with Crippen LogP contribution in [-0.2, 0) is 0 Å². The summed E-state index contributed by atoms with van der Waals surface area (Å²) in [6.45, 7) is 6.49. The largest absolute Gasteiger partial charge is 0.337 e. The number of fused-ring (bicyclic) bond motifs is 4. The summed E-state index contributed by atoms with van der Waals surface area (Å²) in [5.74, 6) is 2.50. The highest BCUT2D eigenvalue weighted by atomic mass is 35.5.